The van der Waals surface area contributed by atoms with E-state index in [0.29, 0.717) is 12.1 Å². The van der Waals surface area contributed by atoms with Crippen LogP contribution in [0, 0.1) is 0 Å². The van der Waals surface area contributed by atoms with Gasteiger partial charge in [0.1, 0.15) is 11.3 Å². The summed E-state index contributed by atoms with van der Waals surface area (Å²) >= 11 is 0. The number of nitrogens with zero attached hydrogens (tertiary/aromatic N) is 5. The molecule has 5 nitrogen and oxygen atoms in total. The van der Waals surface area contributed by atoms with Gasteiger partial charge in [0.2, 0.25) is 0 Å². The van der Waals surface area contributed by atoms with Crippen LogP contribution in [0.2, 0.25) is 0 Å². The summed E-state index contributed by atoms with van der Waals surface area (Å²) in [7, 11) is 2.21. The predicted molar refractivity (Wildman–Crippen MR) is 87.9 cm³/mol. The third kappa shape index (κ3) is 2.23. The number of imidazole rings is 1. The monoisotopic (exact) mass is 299 g/mol. The second-order valence-corrected chi connectivity index (χ2v) is 6.69. The molecule has 0 amide bonds. The summed E-state index contributed by atoms with van der Waals surface area (Å²) in [5.41, 5.74) is 2.12. The maximum absolute atomic E-state index is 4.99. The first-order valence-electron chi connectivity index (χ1n) is 8.53. The van der Waals surface area contributed by atoms with Gasteiger partial charge in [-0.3, -0.25) is 9.47 Å². The van der Waals surface area contributed by atoms with Gasteiger partial charge in [0, 0.05) is 25.2 Å². The smallest absolute Gasteiger partial charge is 0.161 e. The Bertz CT molecular complexity index is 664. The Labute approximate surface area is 131 Å². The quantitative estimate of drug-likeness (QED) is 0.872. The Balaban J connectivity index is 1.83. The van der Waals surface area contributed by atoms with Crippen LogP contribution in [-0.2, 0) is 0 Å². The Morgan fingerprint density at radius 2 is 2.18 bits per heavy atom. The van der Waals surface area contributed by atoms with Gasteiger partial charge >= 0.3 is 0 Å². The molecule has 118 valence electrons. The predicted octanol–water partition coefficient (Wildman–Crippen LogP) is 2.46. The van der Waals surface area contributed by atoms with E-state index < -0.39 is 0 Å². The fourth-order valence-corrected chi connectivity index (χ4v) is 4.14. The van der Waals surface area contributed by atoms with Crippen LogP contribution in [0.5, 0.6) is 0 Å². The fourth-order valence-electron chi connectivity index (χ4n) is 4.14. The van der Waals surface area contributed by atoms with E-state index in [9.17, 15) is 0 Å². The van der Waals surface area contributed by atoms with Crippen molar-refractivity contribution in [3.8, 4) is 0 Å². The van der Waals surface area contributed by atoms with Crippen LogP contribution < -0.4 is 0 Å². The minimum absolute atomic E-state index is 0.436. The SMILES string of the molecule is CCN1CCCC1n1c(C2CCN(C)C2)nc2cccnc21. The van der Waals surface area contributed by atoms with E-state index in [2.05, 4.69) is 39.4 Å². The lowest BCUT2D eigenvalue weighted by Crippen LogP contribution is -2.29. The molecule has 2 aliphatic rings. The molecule has 0 radical (unpaired) electrons. The highest BCUT2D eigenvalue weighted by molar-refractivity contribution is 5.71. The maximum Gasteiger partial charge on any atom is 0.161 e. The highest BCUT2D eigenvalue weighted by Crippen LogP contribution is 2.35. The highest BCUT2D eigenvalue weighted by atomic mass is 15.3. The molecule has 0 bridgehead atoms. The van der Waals surface area contributed by atoms with E-state index in [4.69, 9.17) is 4.98 Å². The van der Waals surface area contributed by atoms with Gasteiger partial charge in [0.25, 0.3) is 0 Å². The Morgan fingerprint density at radius 1 is 1.27 bits per heavy atom. The molecule has 2 atom stereocenters. The van der Waals surface area contributed by atoms with E-state index in [1.54, 1.807) is 0 Å². The molecule has 5 heteroatoms. The van der Waals surface area contributed by atoms with Crippen LogP contribution in [0.3, 0.4) is 0 Å². The largest absolute Gasteiger partial charge is 0.306 e. The molecule has 0 aromatic carbocycles. The summed E-state index contributed by atoms with van der Waals surface area (Å²) in [6.45, 7) is 6.83. The lowest BCUT2D eigenvalue weighted by atomic mass is 10.1. The van der Waals surface area contributed by atoms with Crippen molar-refractivity contribution in [1.29, 1.82) is 0 Å². The molecule has 2 aliphatic heterocycles. The van der Waals surface area contributed by atoms with E-state index in [0.717, 1.165) is 24.3 Å². The second-order valence-electron chi connectivity index (χ2n) is 6.69. The first kappa shape index (κ1) is 14.2. The minimum atomic E-state index is 0.436. The topological polar surface area (TPSA) is 37.2 Å². The number of aromatic nitrogens is 3. The Hall–Kier alpha value is -1.46. The lowest BCUT2D eigenvalue weighted by Gasteiger charge is -2.27. The Kier molecular flexibility index (Phi) is 3.62. The normalized spacial score (nSPS) is 27.2. The fraction of sp³-hybridized carbons (Fsp3) is 0.647. The number of likely N-dealkylation sites (tertiary alicyclic amines) is 2. The van der Waals surface area contributed by atoms with Crippen molar-refractivity contribution in [3.63, 3.8) is 0 Å². The third-order valence-corrected chi connectivity index (χ3v) is 5.27. The molecule has 2 aromatic rings. The molecule has 2 fully saturated rings. The molecule has 0 spiro atoms. The van der Waals surface area contributed by atoms with Crippen molar-refractivity contribution in [3.05, 3.63) is 24.2 Å². The number of hydrogen-bond acceptors (Lipinski definition) is 4. The van der Waals surface area contributed by atoms with Crippen LogP contribution in [0.1, 0.15) is 44.1 Å². The molecular formula is C17H25N5. The second kappa shape index (κ2) is 5.63. The lowest BCUT2D eigenvalue weighted by molar-refractivity contribution is 0.201. The van der Waals surface area contributed by atoms with Gasteiger partial charge in [0.15, 0.2) is 5.65 Å². The van der Waals surface area contributed by atoms with Crippen molar-refractivity contribution in [1.82, 2.24) is 24.3 Å². The Morgan fingerprint density at radius 3 is 2.95 bits per heavy atom. The summed E-state index contributed by atoms with van der Waals surface area (Å²) < 4.78 is 2.45. The van der Waals surface area contributed by atoms with Gasteiger partial charge in [-0.2, -0.15) is 0 Å². The van der Waals surface area contributed by atoms with Crippen LogP contribution >= 0.6 is 0 Å². The van der Waals surface area contributed by atoms with Crippen LogP contribution in [-0.4, -0.2) is 57.6 Å². The van der Waals surface area contributed by atoms with E-state index >= 15 is 0 Å². The first-order chi connectivity index (χ1) is 10.8. The molecule has 0 saturated carbocycles. The zero-order valence-electron chi connectivity index (χ0n) is 13.6. The van der Waals surface area contributed by atoms with Crippen LogP contribution in [0.25, 0.3) is 11.2 Å². The van der Waals surface area contributed by atoms with Crippen molar-refractivity contribution >= 4 is 11.2 Å². The number of pyridine rings is 1. The standard InChI is InChI=1S/C17H25N5/c1-3-21-10-5-7-15(21)22-16(13-8-11-20(2)12-13)19-14-6-4-9-18-17(14)22/h4,6,9,13,15H,3,5,7-8,10-12H2,1-2H3. The van der Waals surface area contributed by atoms with Gasteiger partial charge in [0.05, 0.1) is 6.17 Å². The zero-order valence-corrected chi connectivity index (χ0v) is 13.6. The zero-order chi connectivity index (χ0) is 15.1. The molecule has 22 heavy (non-hydrogen) atoms. The van der Waals surface area contributed by atoms with Crippen molar-refractivity contribution in [2.24, 2.45) is 0 Å². The summed E-state index contributed by atoms with van der Waals surface area (Å²) in [6.07, 6.45) is 6.03. The van der Waals surface area contributed by atoms with Gasteiger partial charge < -0.3 is 4.90 Å². The van der Waals surface area contributed by atoms with E-state index in [1.165, 1.54) is 38.2 Å². The molecule has 4 heterocycles. The summed E-state index contributed by atoms with van der Waals surface area (Å²) in [5.74, 6) is 1.79. The van der Waals surface area contributed by atoms with Crippen molar-refractivity contribution in [2.75, 3.05) is 33.2 Å². The highest BCUT2D eigenvalue weighted by Gasteiger charge is 2.33. The first-order valence-corrected chi connectivity index (χ1v) is 8.53. The number of rotatable bonds is 3. The minimum Gasteiger partial charge on any atom is -0.306 e. The van der Waals surface area contributed by atoms with Crippen LogP contribution in [0.15, 0.2) is 18.3 Å². The summed E-state index contributed by atoms with van der Waals surface area (Å²) in [5, 5.41) is 0. The van der Waals surface area contributed by atoms with Gasteiger partial charge in [-0.25, -0.2) is 9.97 Å². The van der Waals surface area contributed by atoms with E-state index in [-0.39, 0.29) is 0 Å². The van der Waals surface area contributed by atoms with Gasteiger partial charge in [-0.05, 0) is 51.5 Å². The molecule has 2 aromatic heterocycles. The third-order valence-electron chi connectivity index (χ3n) is 5.27. The number of hydrogen-bond donors (Lipinski definition) is 0. The van der Waals surface area contributed by atoms with Crippen molar-refractivity contribution < 1.29 is 0 Å². The number of likely N-dealkylation sites (N-methyl/N-ethyl adjacent to an activating group) is 1. The molecular weight excluding hydrogens is 274 g/mol. The molecule has 2 unspecified atom stereocenters. The number of fused-ring (bicyclic) bond motifs is 1. The molecule has 4 rings (SSSR count). The average molecular weight is 299 g/mol. The maximum atomic E-state index is 4.99. The molecule has 0 aliphatic carbocycles. The average Bonchev–Trinajstić information content (AvgIpc) is 3.22. The molecule has 2 saturated heterocycles. The van der Waals surface area contributed by atoms with Gasteiger partial charge in [-0.1, -0.05) is 6.92 Å². The van der Waals surface area contributed by atoms with Crippen molar-refractivity contribution in [2.45, 2.75) is 38.3 Å². The summed E-state index contributed by atoms with van der Waals surface area (Å²) in [4.78, 5) is 14.6. The van der Waals surface area contributed by atoms with E-state index in [1.807, 2.05) is 12.3 Å². The molecule has 0 N–H and O–H groups in total. The van der Waals surface area contributed by atoms with Gasteiger partial charge in [-0.15, -0.1) is 0 Å². The van der Waals surface area contributed by atoms with Crippen LogP contribution in [0.4, 0.5) is 0 Å². The summed E-state index contributed by atoms with van der Waals surface area (Å²) in [6, 6.07) is 4.10.